The lowest BCUT2D eigenvalue weighted by Gasteiger charge is -2.17. The summed E-state index contributed by atoms with van der Waals surface area (Å²) in [5.74, 6) is -0.183. The van der Waals surface area contributed by atoms with Crippen LogP contribution in [0.25, 0.3) is 6.08 Å². The molecule has 3 aromatic carbocycles. The van der Waals surface area contributed by atoms with Crippen molar-refractivity contribution in [2.24, 2.45) is 0 Å². The van der Waals surface area contributed by atoms with Crippen molar-refractivity contribution >= 4 is 41.0 Å². The normalized spacial score (nSPS) is 11.1. The topological polar surface area (TPSA) is 106 Å². The molecular formula is C30H33N3O5. The Labute approximate surface area is 223 Å². The fourth-order valence-corrected chi connectivity index (χ4v) is 3.51. The predicted octanol–water partition coefficient (Wildman–Crippen LogP) is 6.18. The van der Waals surface area contributed by atoms with Crippen LogP contribution in [0.2, 0.25) is 0 Å². The van der Waals surface area contributed by atoms with Crippen LogP contribution in [0.15, 0.2) is 72.8 Å². The molecule has 0 aromatic heterocycles. The van der Waals surface area contributed by atoms with E-state index < -0.39 is 17.6 Å². The molecule has 0 saturated carbocycles. The third kappa shape index (κ3) is 8.81. The van der Waals surface area contributed by atoms with E-state index in [1.807, 2.05) is 52.0 Å². The highest BCUT2D eigenvalue weighted by Crippen LogP contribution is 2.26. The number of carbonyl (C=O) groups is 3. The summed E-state index contributed by atoms with van der Waals surface area (Å²) in [4.78, 5) is 36.9. The van der Waals surface area contributed by atoms with Crippen molar-refractivity contribution in [3.05, 3.63) is 89.5 Å². The molecule has 0 radical (unpaired) electrons. The number of ether oxygens (including phenoxy) is 2. The number of aryl methyl sites for hydroxylation is 1. The molecule has 8 heteroatoms. The fourth-order valence-electron chi connectivity index (χ4n) is 3.51. The lowest BCUT2D eigenvalue weighted by molar-refractivity contribution is -0.148. The minimum Gasteiger partial charge on any atom is -0.495 e. The maximum atomic E-state index is 12.6. The van der Waals surface area contributed by atoms with Crippen molar-refractivity contribution in [3.8, 4) is 5.75 Å². The van der Waals surface area contributed by atoms with E-state index in [4.69, 9.17) is 9.47 Å². The first kappa shape index (κ1) is 28.0. The largest absolute Gasteiger partial charge is 0.495 e. The van der Waals surface area contributed by atoms with Crippen molar-refractivity contribution in [2.75, 3.05) is 23.1 Å². The molecule has 8 nitrogen and oxygen atoms in total. The van der Waals surface area contributed by atoms with E-state index in [0.717, 1.165) is 16.7 Å². The molecule has 0 fully saturated rings. The van der Waals surface area contributed by atoms with Crippen LogP contribution in [0.3, 0.4) is 0 Å². The molecule has 0 atom stereocenters. The molecule has 3 N–H and O–H groups in total. The minimum atomic E-state index is -0.549. The number of amides is 3. The van der Waals surface area contributed by atoms with Gasteiger partial charge in [0, 0.05) is 17.5 Å². The Morgan fingerprint density at radius 3 is 2.21 bits per heavy atom. The number of rotatable bonds is 8. The summed E-state index contributed by atoms with van der Waals surface area (Å²) >= 11 is 0. The van der Waals surface area contributed by atoms with Crippen LogP contribution in [-0.4, -0.2) is 30.6 Å². The van der Waals surface area contributed by atoms with Gasteiger partial charge in [-0.05, 0) is 80.8 Å². The number of methoxy groups -OCH3 is 1. The number of urea groups is 1. The second-order valence-electron chi connectivity index (χ2n) is 9.64. The number of esters is 1. The zero-order valence-corrected chi connectivity index (χ0v) is 22.3. The number of hydrogen-bond donors (Lipinski definition) is 3. The molecule has 0 unspecified atom stereocenters. The zero-order chi connectivity index (χ0) is 27.7. The summed E-state index contributed by atoms with van der Waals surface area (Å²) in [5.41, 5.74) is 3.74. The first-order valence-electron chi connectivity index (χ1n) is 12.1. The summed E-state index contributed by atoms with van der Waals surface area (Å²) in [6, 6.07) is 19.4. The van der Waals surface area contributed by atoms with Crippen molar-refractivity contribution < 1.29 is 23.9 Å². The summed E-state index contributed by atoms with van der Waals surface area (Å²) < 4.78 is 10.7. The van der Waals surface area contributed by atoms with Gasteiger partial charge in [-0.15, -0.1) is 0 Å². The molecule has 0 bridgehead atoms. The first-order chi connectivity index (χ1) is 18.0. The molecule has 0 aliphatic rings. The van der Waals surface area contributed by atoms with Crippen LogP contribution in [0.5, 0.6) is 5.75 Å². The molecule has 0 saturated heterocycles. The highest BCUT2D eigenvalue weighted by Gasteiger charge is 2.14. The number of nitrogens with one attached hydrogen (secondary N) is 3. The maximum Gasteiger partial charge on any atom is 0.331 e. The van der Waals surface area contributed by atoms with Crippen molar-refractivity contribution in [2.45, 2.75) is 39.7 Å². The number of hydrogen-bond acceptors (Lipinski definition) is 5. The van der Waals surface area contributed by atoms with E-state index in [1.165, 1.54) is 13.2 Å². The SMILES string of the molecule is COc1cc(CC(=O)Nc2ccc(/C=C/C(=O)OC(C)(C)C)cc2)ccc1NC(=O)Nc1ccccc1C. The highest BCUT2D eigenvalue weighted by molar-refractivity contribution is 6.01. The lowest BCUT2D eigenvalue weighted by Crippen LogP contribution is -2.22. The Kier molecular flexibility index (Phi) is 9.27. The van der Waals surface area contributed by atoms with Gasteiger partial charge in [0.1, 0.15) is 11.4 Å². The fraction of sp³-hybridized carbons (Fsp3) is 0.233. The van der Waals surface area contributed by atoms with Crippen LogP contribution >= 0.6 is 0 Å². The minimum absolute atomic E-state index is 0.117. The summed E-state index contributed by atoms with van der Waals surface area (Å²) in [6.07, 6.45) is 3.15. The molecule has 3 aromatic rings. The Morgan fingerprint density at radius 2 is 1.55 bits per heavy atom. The molecule has 0 heterocycles. The average molecular weight is 516 g/mol. The van der Waals surface area contributed by atoms with Crippen LogP contribution in [0.1, 0.15) is 37.5 Å². The first-order valence-corrected chi connectivity index (χ1v) is 12.1. The van der Waals surface area contributed by atoms with Crippen molar-refractivity contribution in [1.29, 1.82) is 0 Å². The molecule has 198 valence electrons. The second-order valence-corrected chi connectivity index (χ2v) is 9.64. The van der Waals surface area contributed by atoms with Crippen LogP contribution in [0.4, 0.5) is 21.9 Å². The highest BCUT2D eigenvalue weighted by atomic mass is 16.6. The van der Waals surface area contributed by atoms with Crippen LogP contribution in [0, 0.1) is 6.92 Å². The predicted molar refractivity (Wildman–Crippen MR) is 150 cm³/mol. The standard InChI is InChI=1S/C30H33N3O5/c1-20-8-6-7-9-24(20)32-29(36)33-25-16-12-22(18-26(25)37-5)19-27(34)31-23-14-10-21(11-15-23)13-17-28(35)38-30(2,3)4/h6-18H,19H2,1-5H3,(H,31,34)(H2,32,33,36)/b17-13+. The van der Waals surface area contributed by atoms with E-state index in [2.05, 4.69) is 16.0 Å². The van der Waals surface area contributed by atoms with Crippen LogP contribution < -0.4 is 20.7 Å². The van der Waals surface area contributed by atoms with E-state index in [9.17, 15) is 14.4 Å². The van der Waals surface area contributed by atoms with E-state index in [0.29, 0.717) is 22.8 Å². The molecule has 3 amide bonds. The van der Waals surface area contributed by atoms with Gasteiger partial charge in [-0.2, -0.15) is 0 Å². The van der Waals surface area contributed by atoms with Gasteiger partial charge in [-0.25, -0.2) is 9.59 Å². The van der Waals surface area contributed by atoms with E-state index in [-0.39, 0.29) is 12.3 Å². The Balaban J connectivity index is 1.56. The van der Waals surface area contributed by atoms with E-state index >= 15 is 0 Å². The number of benzene rings is 3. The number of carbonyl (C=O) groups excluding carboxylic acids is 3. The quantitative estimate of drug-likeness (QED) is 0.245. The van der Waals surface area contributed by atoms with Gasteiger partial charge in [0.05, 0.1) is 19.2 Å². The van der Waals surface area contributed by atoms with Gasteiger partial charge in [0.2, 0.25) is 5.91 Å². The Hall–Kier alpha value is -4.59. The molecule has 0 spiro atoms. The summed E-state index contributed by atoms with van der Waals surface area (Å²) in [6.45, 7) is 7.34. The van der Waals surface area contributed by atoms with Gasteiger partial charge in [0.25, 0.3) is 0 Å². The lowest BCUT2D eigenvalue weighted by atomic mass is 10.1. The molecule has 38 heavy (non-hydrogen) atoms. The third-order valence-corrected chi connectivity index (χ3v) is 5.29. The Morgan fingerprint density at radius 1 is 0.868 bits per heavy atom. The Bertz CT molecular complexity index is 1320. The van der Waals surface area contributed by atoms with Gasteiger partial charge in [0.15, 0.2) is 0 Å². The smallest absolute Gasteiger partial charge is 0.331 e. The van der Waals surface area contributed by atoms with Gasteiger partial charge < -0.3 is 25.4 Å². The van der Waals surface area contributed by atoms with Gasteiger partial charge in [-0.1, -0.05) is 36.4 Å². The summed E-state index contributed by atoms with van der Waals surface area (Å²) in [5, 5.41) is 8.45. The molecular weight excluding hydrogens is 482 g/mol. The summed E-state index contributed by atoms with van der Waals surface area (Å²) in [7, 11) is 1.50. The van der Waals surface area contributed by atoms with Crippen molar-refractivity contribution in [1.82, 2.24) is 0 Å². The van der Waals surface area contributed by atoms with Crippen molar-refractivity contribution in [3.63, 3.8) is 0 Å². The number of para-hydroxylation sites is 1. The molecule has 3 rings (SSSR count). The molecule has 0 aliphatic heterocycles. The average Bonchev–Trinajstić information content (AvgIpc) is 2.85. The maximum absolute atomic E-state index is 12.6. The van der Waals surface area contributed by atoms with Gasteiger partial charge >= 0.3 is 12.0 Å². The van der Waals surface area contributed by atoms with Gasteiger partial charge in [-0.3, -0.25) is 4.79 Å². The zero-order valence-electron chi connectivity index (χ0n) is 22.3. The second kappa shape index (κ2) is 12.6. The van der Waals surface area contributed by atoms with Crippen LogP contribution in [-0.2, 0) is 20.7 Å². The number of anilines is 3. The van der Waals surface area contributed by atoms with E-state index in [1.54, 1.807) is 48.5 Å². The monoisotopic (exact) mass is 515 g/mol. The molecule has 0 aliphatic carbocycles. The third-order valence-electron chi connectivity index (χ3n) is 5.29.